The van der Waals surface area contributed by atoms with Crippen LogP contribution in [-0.2, 0) is 24.5 Å². The lowest BCUT2D eigenvalue weighted by Crippen LogP contribution is -2.29. The number of esters is 2. The van der Waals surface area contributed by atoms with E-state index in [4.69, 9.17) is 18.9 Å². The molecule has 0 heterocycles. The van der Waals surface area contributed by atoms with Crippen LogP contribution >= 0.6 is 0 Å². The van der Waals surface area contributed by atoms with Crippen LogP contribution in [0.5, 0.6) is 11.5 Å². The summed E-state index contributed by atoms with van der Waals surface area (Å²) in [4.78, 5) is 22.9. The van der Waals surface area contributed by atoms with Gasteiger partial charge in [0.1, 0.15) is 37.9 Å². The van der Waals surface area contributed by atoms with Gasteiger partial charge in [-0.25, -0.2) is 9.59 Å². The Kier molecular flexibility index (Phi) is 8.95. The monoisotopic (exact) mass is 696 g/mol. The maximum atomic E-state index is 11.4. The van der Waals surface area contributed by atoms with Crippen LogP contribution in [0.15, 0.2) is 159 Å². The third kappa shape index (κ3) is 6.08. The summed E-state index contributed by atoms with van der Waals surface area (Å²) in [6.07, 6.45) is 2.29. The van der Waals surface area contributed by atoms with Gasteiger partial charge in [0.15, 0.2) is 0 Å². The van der Waals surface area contributed by atoms with Gasteiger partial charge in [0, 0.05) is 12.2 Å². The Morgan fingerprint density at radius 2 is 1.02 bits per heavy atom. The summed E-state index contributed by atoms with van der Waals surface area (Å²) in [7, 11) is 0. The molecule has 0 bridgehead atoms. The fourth-order valence-electron chi connectivity index (χ4n) is 7.66. The molecule has 6 heteroatoms. The molecule has 0 aliphatic heterocycles. The zero-order valence-electron chi connectivity index (χ0n) is 29.0. The van der Waals surface area contributed by atoms with Gasteiger partial charge in [0.25, 0.3) is 0 Å². The molecule has 0 fully saturated rings. The van der Waals surface area contributed by atoms with Gasteiger partial charge in [0.05, 0.1) is 5.41 Å². The summed E-state index contributed by atoms with van der Waals surface area (Å²) in [6.45, 7) is 7.64. The molecule has 8 rings (SSSR count). The molecule has 53 heavy (non-hydrogen) atoms. The Labute approximate surface area is 307 Å². The van der Waals surface area contributed by atoms with Gasteiger partial charge < -0.3 is 18.9 Å². The predicted octanol–water partition coefficient (Wildman–Crippen LogP) is 9.73. The molecule has 7 aromatic carbocycles. The minimum Gasteiger partial charge on any atom is -0.490 e. The first kappa shape index (κ1) is 33.5. The molecule has 0 saturated heterocycles. The highest BCUT2D eigenvalue weighted by molar-refractivity contribution is 6.01. The van der Waals surface area contributed by atoms with Gasteiger partial charge in [-0.15, -0.1) is 0 Å². The van der Waals surface area contributed by atoms with E-state index in [-0.39, 0.29) is 26.4 Å². The van der Waals surface area contributed by atoms with Crippen molar-refractivity contribution < 1.29 is 28.5 Å². The highest BCUT2D eigenvalue weighted by Gasteiger charge is 2.47. The highest BCUT2D eigenvalue weighted by atomic mass is 16.6. The van der Waals surface area contributed by atoms with E-state index in [2.05, 4.69) is 122 Å². The van der Waals surface area contributed by atoms with Crippen LogP contribution < -0.4 is 9.47 Å². The van der Waals surface area contributed by atoms with Gasteiger partial charge in [0.2, 0.25) is 0 Å². The fraction of sp³-hybridized carbons (Fsp3) is 0.106. The molecular weight excluding hydrogens is 661 g/mol. The van der Waals surface area contributed by atoms with Crippen LogP contribution in [0.25, 0.3) is 43.4 Å². The second-order valence-electron chi connectivity index (χ2n) is 12.9. The number of fused-ring (bicyclic) bond motifs is 7. The van der Waals surface area contributed by atoms with Crippen LogP contribution in [0.3, 0.4) is 0 Å². The van der Waals surface area contributed by atoms with E-state index in [9.17, 15) is 9.59 Å². The number of rotatable bonds is 12. The standard InChI is InChI=1S/C47H36O6/c1-3-44(48)52-25-23-50-38-20-15-32-27-36(18-13-34(32)29-38)47(37-19-14-35-30-39(21-16-33(35)28-37)51-24-26-53-45(49)4-2)43-12-8-7-11-41(43)42-22-17-31-9-5-6-10-40(31)46(42)47/h3-22,27-30H,1-2,23-26H2. The van der Waals surface area contributed by atoms with Gasteiger partial charge in [-0.05, 0) is 102 Å². The summed E-state index contributed by atoms with van der Waals surface area (Å²) < 4.78 is 22.0. The summed E-state index contributed by atoms with van der Waals surface area (Å²) in [6, 6.07) is 47.4. The lowest BCUT2D eigenvalue weighted by Gasteiger charge is -2.35. The van der Waals surface area contributed by atoms with Gasteiger partial charge in [-0.3, -0.25) is 0 Å². The lowest BCUT2D eigenvalue weighted by molar-refractivity contribution is -0.139. The Bertz CT molecular complexity index is 2450. The van der Waals surface area contributed by atoms with Crippen molar-refractivity contribution in [2.24, 2.45) is 0 Å². The van der Waals surface area contributed by atoms with E-state index in [1.807, 2.05) is 24.3 Å². The Morgan fingerprint density at radius 3 is 1.62 bits per heavy atom. The predicted molar refractivity (Wildman–Crippen MR) is 210 cm³/mol. The van der Waals surface area contributed by atoms with Crippen molar-refractivity contribution in [2.45, 2.75) is 5.41 Å². The van der Waals surface area contributed by atoms with E-state index in [1.54, 1.807) is 0 Å². The number of carbonyl (C=O) groups excluding carboxylic acids is 2. The average Bonchev–Trinajstić information content (AvgIpc) is 3.52. The molecule has 0 unspecified atom stereocenters. The molecule has 6 nitrogen and oxygen atoms in total. The topological polar surface area (TPSA) is 71.1 Å². The molecular formula is C47H36O6. The molecule has 0 saturated carbocycles. The van der Waals surface area contributed by atoms with Gasteiger partial charge in [-0.1, -0.05) is 110 Å². The molecule has 0 aromatic heterocycles. The number of hydrogen-bond donors (Lipinski definition) is 0. The van der Waals surface area contributed by atoms with E-state index < -0.39 is 17.4 Å². The zero-order valence-corrected chi connectivity index (χ0v) is 29.0. The normalized spacial score (nSPS) is 12.5. The number of hydrogen-bond acceptors (Lipinski definition) is 6. The molecule has 0 amide bonds. The smallest absolute Gasteiger partial charge is 0.330 e. The third-order valence-electron chi connectivity index (χ3n) is 9.94. The van der Waals surface area contributed by atoms with Crippen molar-refractivity contribution >= 4 is 44.3 Å². The number of benzene rings is 7. The largest absolute Gasteiger partial charge is 0.490 e. The minimum atomic E-state index is -0.635. The van der Waals surface area contributed by atoms with Crippen LogP contribution in [-0.4, -0.2) is 38.4 Å². The fourth-order valence-corrected chi connectivity index (χ4v) is 7.66. The maximum absolute atomic E-state index is 11.4. The minimum absolute atomic E-state index is 0.143. The zero-order chi connectivity index (χ0) is 36.4. The van der Waals surface area contributed by atoms with Crippen LogP contribution in [0.4, 0.5) is 0 Å². The SMILES string of the molecule is C=CC(=O)OCCOc1ccc2cc(C3(c4ccc5cc(OCCOC(=O)C=C)ccc5c4)c4ccccc4-c4ccc5ccccc5c43)ccc2c1. The molecule has 1 aliphatic rings. The molecule has 0 spiro atoms. The van der Waals surface area contributed by atoms with Gasteiger partial charge in [-0.2, -0.15) is 0 Å². The Hall–Kier alpha value is -6.66. The summed E-state index contributed by atoms with van der Waals surface area (Å²) in [5.74, 6) is 0.463. The number of carbonyl (C=O) groups is 2. The molecule has 0 N–H and O–H groups in total. The summed E-state index contributed by atoms with van der Waals surface area (Å²) >= 11 is 0. The van der Waals surface area contributed by atoms with Crippen molar-refractivity contribution in [2.75, 3.05) is 26.4 Å². The summed E-state index contributed by atoms with van der Waals surface area (Å²) in [5.41, 5.74) is 6.61. The molecule has 0 atom stereocenters. The lowest BCUT2D eigenvalue weighted by atomic mass is 9.66. The van der Waals surface area contributed by atoms with Crippen molar-refractivity contribution in [1.29, 1.82) is 0 Å². The van der Waals surface area contributed by atoms with Crippen molar-refractivity contribution in [3.05, 3.63) is 181 Å². The van der Waals surface area contributed by atoms with E-state index >= 15 is 0 Å². The summed E-state index contributed by atoms with van der Waals surface area (Å²) in [5, 5.41) is 6.65. The first-order valence-electron chi connectivity index (χ1n) is 17.5. The van der Waals surface area contributed by atoms with Gasteiger partial charge >= 0.3 is 11.9 Å². The van der Waals surface area contributed by atoms with Crippen LogP contribution in [0.1, 0.15) is 22.3 Å². The van der Waals surface area contributed by atoms with E-state index in [1.165, 1.54) is 33.0 Å². The molecule has 7 aromatic rings. The second kappa shape index (κ2) is 14.2. The van der Waals surface area contributed by atoms with E-state index in [0.717, 1.165) is 44.8 Å². The third-order valence-corrected chi connectivity index (χ3v) is 9.94. The van der Waals surface area contributed by atoms with Crippen molar-refractivity contribution in [1.82, 2.24) is 0 Å². The maximum Gasteiger partial charge on any atom is 0.330 e. The van der Waals surface area contributed by atoms with E-state index in [0.29, 0.717) is 11.5 Å². The Morgan fingerprint density at radius 1 is 0.509 bits per heavy atom. The van der Waals surface area contributed by atoms with Crippen molar-refractivity contribution in [3.63, 3.8) is 0 Å². The molecule has 260 valence electrons. The quantitative estimate of drug-likeness (QED) is 0.0720. The molecule has 0 radical (unpaired) electrons. The number of ether oxygens (including phenoxy) is 4. The Balaban J connectivity index is 1.25. The first-order chi connectivity index (χ1) is 26.0. The second-order valence-corrected chi connectivity index (χ2v) is 12.9. The average molecular weight is 697 g/mol. The molecule has 1 aliphatic carbocycles. The highest BCUT2D eigenvalue weighted by Crippen LogP contribution is 2.58. The first-order valence-corrected chi connectivity index (χ1v) is 17.5. The van der Waals surface area contributed by atoms with Crippen LogP contribution in [0, 0.1) is 0 Å². The van der Waals surface area contributed by atoms with Crippen LogP contribution in [0.2, 0.25) is 0 Å². The van der Waals surface area contributed by atoms with Crippen molar-refractivity contribution in [3.8, 4) is 22.6 Å².